The molecule has 34 heavy (non-hydrogen) atoms. The lowest BCUT2D eigenvalue weighted by Gasteiger charge is -2.14. The molecule has 0 fully saturated rings. The number of imide groups is 1. The number of carbonyl (C=O) groups excluding carboxylic acids is 2. The zero-order chi connectivity index (χ0) is 24.0. The summed E-state index contributed by atoms with van der Waals surface area (Å²) >= 11 is 0. The summed E-state index contributed by atoms with van der Waals surface area (Å²) in [6, 6.07) is 14.2. The molecule has 0 unspecified atom stereocenters. The van der Waals surface area contributed by atoms with Crippen LogP contribution in [0.2, 0.25) is 0 Å². The predicted molar refractivity (Wildman–Crippen MR) is 140 cm³/mol. The second kappa shape index (κ2) is 14.6. The Morgan fingerprint density at radius 2 is 1.03 bits per heavy atom. The van der Waals surface area contributed by atoms with Crippen molar-refractivity contribution in [1.82, 2.24) is 0 Å². The maximum atomic E-state index is 12.6. The van der Waals surface area contributed by atoms with Gasteiger partial charge < -0.3 is 4.74 Å². The van der Waals surface area contributed by atoms with Gasteiger partial charge in [0.25, 0.3) is 11.8 Å². The van der Waals surface area contributed by atoms with Crippen LogP contribution in [0.25, 0.3) is 0 Å². The van der Waals surface area contributed by atoms with E-state index in [1.807, 2.05) is 12.1 Å². The topological polar surface area (TPSA) is 46.6 Å². The summed E-state index contributed by atoms with van der Waals surface area (Å²) in [5.41, 5.74) is 1.51. The summed E-state index contributed by atoms with van der Waals surface area (Å²) in [5, 5.41) is 0. The summed E-state index contributed by atoms with van der Waals surface area (Å²) < 4.78 is 5.86. The molecule has 2 aromatic carbocycles. The number of unbranched alkanes of at least 4 members (excludes halogenated alkanes) is 13. The Kier molecular flexibility index (Phi) is 11.2. The Labute approximate surface area is 205 Å². The summed E-state index contributed by atoms with van der Waals surface area (Å²) in [5.74, 6) is 0.239. The highest BCUT2D eigenvalue weighted by Gasteiger charge is 2.36. The Morgan fingerprint density at radius 3 is 1.50 bits per heavy atom. The van der Waals surface area contributed by atoms with Crippen molar-refractivity contribution in [3.8, 4) is 5.75 Å². The van der Waals surface area contributed by atoms with Crippen molar-refractivity contribution in [2.75, 3.05) is 11.5 Å². The van der Waals surface area contributed by atoms with E-state index in [4.69, 9.17) is 4.74 Å². The highest BCUT2D eigenvalue weighted by Crippen LogP contribution is 2.29. The first-order valence-corrected chi connectivity index (χ1v) is 13.4. The summed E-state index contributed by atoms with van der Waals surface area (Å²) in [7, 11) is 0. The average Bonchev–Trinajstić information content (AvgIpc) is 3.12. The quantitative estimate of drug-likeness (QED) is 0.175. The van der Waals surface area contributed by atoms with E-state index in [0.29, 0.717) is 23.4 Å². The van der Waals surface area contributed by atoms with E-state index in [1.165, 1.54) is 88.4 Å². The van der Waals surface area contributed by atoms with Crippen LogP contribution in [0, 0.1) is 0 Å². The van der Waals surface area contributed by atoms with E-state index >= 15 is 0 Å². The van der Waals surface area contributed by atoms with Crippen LogP contribution < -0.4 is 9.64 Å². The lowest BCUT2D eigenvalue weighted by Crippen LogP contribution is -2.29. The Bertz CT molecular complexity index is 855. The average molecular weight is 464 g/mol. The largest absolute Gasteiger partial charge is 0.494 e. The van der Waals surface area contributed by atoms with E-state index in [9.17, 15) is 9.59 Å². The monoisotopic (exact) mass is 463 g/mol. The van der Waals surface area contributed by atoms with Crippen LogP contribution in [0.5, 0.6) is 5.75 Å². The molecule has 0 saturated heterocycles. The molecular formula is C30H41NO3. The van der Waals surface area contributed by atoms with Crippen molar-refractivity contribution in [2.24, 2.45) is 0 Å². The molecular weight excluding hydrogens is 422 g/mol. The van der Waals surface area contributed by atoms with Gasteiger partial charge in [0.1, 0.15) is 5.75 Å². The first kappa shape index (κ1) is 26.0. The molecule has 2 amide bonds. The minimum absolute atomic E-state index is 0.267. The van der Waals surface area contributed by atoms with Gasteiger partial charge in [-0.2, -0.15) is 0 Å². The van der Waals surface area contributed by atoms with Gasteiger partial charge in [0.15, 0.2) is 0 Å². The van der Waals surface area contributed by atoms with E-state index in [2.05, 4.69) is 6.92 Å². The lowest BCUT2D eigenvalue weighted by atomic mass is 10.0. The van der Waals surface area contributed by atoms with Crippen molar-refractivity contribution in [2.45, 2.75) is 96.8 Å². The van der Waals surface area contributed by atoms with Crippen molar-refractivity contribution in [3.63, 3.8) is 0 Å². The van der Waals surface area contributed by atoms with Crippen molar-refractivity contribution in [3.05, 3.63) is 59.7 Å². The second-order valence-electron chi connectivity index (χ2n) is 9.43. The molecule has 184 valence electrons. The number of fused-ring (bicyclic) bond motifs is 1. The molecule has 1 aliphatic heterocycles. The number of ether oxygens (including phenoxy) is 1. The summed E-state index contributed by atoms with van der Waals surface area (Å²) in [6.07, 6.45) is 18.8. The fraction of sp³-hybridized carbons (Fsp3) is 0.533. The molecule has 0 N–H and O–H groups in total. The Morgan fingerprint density at radius 1 is 0.588 bits per heavy atom. The fourth-order valence-electron chi connectivity index (χ4n) is 4.60. The third-order valence-corrected chi connectivity index (χ3v) is 6.66. The molecule has 0 spiro atoms. The minimum Gasteiger partial charge on any atom is -0.494 e. The first-order chi connectivity index (χ1) is 16.7. The molecule has 4 heteroatoms. The molecule has 0 aromatic heterocycles. The molecule has 4 nitrogen and oxygen atoms in total. The normalized spacial score (nSPS) is 12.9. The molecule has 0 atom stereocenters. The number of nitrogens with zero attached hydrogens (tertiary/aromatic N) is 1. The number of benzene rings is 2. The SMILES string of the molecule is CCCCCCCCCCCCCCCCOc1ccc(N2C(=O)c3ccccc3C2=O)cc1. The molecule has 2 aromatic rings. The molecule has 0 aliphatic carbocycles. The van der Waals surface area contributed by atoms with Gasteiger partial charge in [-0.15, -0.1) is 0 Å². The molecule has 0 bridgehead atoms. The van der Waals surface area contributed by atoms with E-state index in [1.54, 1.807) is 36.4 Å². The second-order valence-corrected chi connectivity index (χ2v) is 9.43. The van der Waals surface area contributed by atoms with Crippen LogP contribution in [0.15, 0.2) is 48.5 Å². The van der Waals surface area contributed by atoms with Gasteiger partial charge in [0.05, 0.1) is 23.4 Å². The molecule has 0 radical (unpaired) electrons. The minimum atomic E-state index is -0.267. The van der Waals surface area contributed by atoms with Gasteiger partial charge in [0, 0.05) is 0 Å². The predicted octanol–water partition coefficient (Wildman–Crippen LogP) is 8.35. The van der Waals surface area contributed by atoms with Gasteiger partial charge in [-0.25, -0.2) is 4.90 Å². The van der Waals surface area contributed by atoms with Gasteiger partial charge in [-0.3, -0.25) is 9.59 Å². The highest BCUT2D eigenvalue weighted by molar-refractivity contribution is 6.34. The van der Waals surface area contributed by atoms with Gasteiger partial charge in [-0.05, 0) is 42.8 Å². The van der Waals surface area contributed by atoms with Gasteiger partial charge in [-0.1, -0.05) is 103 Å². The van der Waals surface area contributed by atoms with Crippen molar-refractivity contribution >= 4 is 17.5 Å². The molecule has 3 rings (SSSR count). The van der Waals surface area contributed by atoms with E-state index in [0.717, 1.165) is 12.2 Å². The number of rotatable bonds is 17. The van der Waals surface area contributed by atoms with Gasteiger partial charge >= 0.3 is 0 Å². The number of hydrogen-bond donors (Lipinski definition) is 0. The first-order valence-electron chi connectivity index (χ1n) is 13.4. The maximum absolute atomic E-state index is 12.6. The van der Waals surface area contributed by atoms with Crippen LogP contribution in [-0.2, 0) is 0 Å². The lowest BCUT2D eigenvalue weighted by molar-refractivity contribution is 0.0926. The Balaban J connectivity index is 1.22. The number of hydrogen-bond acceptors (Lipinski definition) is 3. The van der Waals surface area contributed by atoms with Crippen molar-refractivity contribution < 1.29 is 14.3 Å². The van der Waals surface area contributed by atoms with Crippen LogP contribution >= 0.6 is 0 Å². The fourth-order valence-corrected chi connectivity index (χ4v) is 4.60. The van der Waals surface area contributed by atoms with Gasteiger partial charge in [0.2, 0.25) is 0 Å². The van der Waals surface area contributed by atoms with E-state index < -0.39 is 0 Å². The number of carbonyl (C=O) groups is 2. The third-order valence-electron chi connectivity index (χ3n) is 6.66. The highest BCUT2D eigenvalue weighted by atomic mass is 16.5. The number of anilines is 1. The van der Waals surface area contributed by atoms with Crippen LogP contribution in [0.1, 0.15) is 118 Å². The molecule has 1 heterocycles. The summed E-state index contributed by atoms with van der Waals surface area (Å²) in [4.78, 5) is 26.4. The Hall–Kier alpha value is -2.62. The standard InChI is InChI=1S/C30H41NO3/c1-2-3-4-5-6-7-8-9-10-11-12-13-14-17-24-34-26-22-20-25(21-23-26)31-29(32)27-18-15-16-19-28(27)30(31)33/h15-16,18-23H,2-14,17,24H2,1H3. The smallest absolute Gasteiger partial charge is 0.266 e. The van der Waals surface area contributed by atoms with E-state index in [-0.39, 0.29) is 11.8 Å². The zero-order valence-electron chi connectivity index (χ0n) is 20.9. The zero-order valence-corrected chi connectivity index (χ0v) is 20.9. The molecule has 0 saturated carbocycles. The van der Waals surface area contributed by atoms with Crippen LogP contribution in [0.4, 0.5) is 5.69 Å². The maximum Gasteiger partial charge on any atom is 0.266 e. The van der Waals surface area contributed by atoms with Crippen molar-refractivity contribution in [1.29, 1.82) is 0 Å². The number of amides is 2. The summed E-state index contributed by atoms with van der Waals surface area (Å²) in [6.45, 7) is 2.97. The van der Waals surface area contributed by atoms with Crippen LogP contribution in [0.3, 0.4) is 0 Å². The third kappa shape index (κ3) is 7.72. The van der Waals surface area contributed by atoms with Crippen LogP contribution in [-0.4, -0.2) is 18.4 Å². The molecule has 1 aliphatic rings.